The van der Waals surface area contributed by atoms with Crippen molar-refractivity contribution in [1.29, 1.82) is 0 Å². The van der Waals surface area contributed by atoms with Crippen molar-refractivity contribution in [1.82, 2.24) is 16.0 Å². The summed E-state index contributed by atoms with van der Waals surface area (Å²) < 4.78 is 0. The SMILES string of the molecule is CC(NC(=O)NC1CC1)C(=O)NCc1ccccc1. The van der Waals surface area contributed by atoms with Gasteiger partial charge in [0.2, 0.25) is 5.91 Å². The van der Waals surface area contributed by atoms with Crippen LogP contribution in [0.3, 0.4) is 0 Å². The first-order valence-corrected chi connectivity index (χ1v) is 6.54. The van der Waals surface area contributed by atoms with Crippen molar-refractivity contribution in [2.24, 2.45) is 0 Å². The molecule has 1 aliphatic carbocycles. The molecule has 1 aromatic carbocycles. The van der Waals surface area contributed by atoms with Gasteiger partial charge in [0.1, 0.15) is 6.04 Å². The van der Waals surface area contributed by atoms with Gasteiger partial charge >= 0.3 is 6.03 Å². The van der Waals surface area contributed by atoms with Crippen LogP contribution in [-0.2, 0) is 11.3 Å². The monoisotopic (exact) mass is 261 g/mol. The van der Waals surface area contributed by atoms with E-state index in [2.05, 4.69) is 16.0 Å². The fraction of sp³-hybridized carbons (Fsp3) is 0.429. The molecule has 0 aliphatic heterocycles. The molecule has 0 saturated heterocycles. The smallest absolute Gasteiger partial charge is 0.315 e. The third kappa shape index (κ3) is 4.62. The average molecular weight is 261 g/mol. The van der Waals surface area contributed by atoms with Crippen molar-refractivity contribution in [3.63, 3.8) is 0 Å². The lowest BCUT2D eigenvalue weighted by atomic mass is 10.2. The van der Waals surface area contributed by atoms with E-state index in [9.17, 15) is 9.59 Å². The first-order chi connectivity index (χ1) is 9.15. The van der Waals surface area contributed by atoms with Crippen LogP contribution < -0.4 is 16.0 Å². The predicted octanol–water partition coefficient (Wildman–Crippen LogP) is 1.15. The summed E-state index contributed by atoms with van der Waals surface area (Å²) in [6.07, 6.45) is 2.06. The zero-order chi connectivity index (χ0) is 13.7. The highest BCUT2D eigenvalue weighted by Gasteiger charge is 2.24. The van der Waals surface area contributed by atoms with Gasteiger partial charge < -0.3 is 16.0 Å². The van der Waals surface area contributed by atoms with Gasteiger partial charge in [-0.2, -0.15) is 0 Å². The molecule has 1 aromatic rings. The zero-order valence-electron chi connectivity index (χ0n) is 11.0. The minimum Gasteiger partial charge on any atom is -0.350 e. The van der Waals surface area contributed by atoms with E-state index in [0.29, 0.717) is 12.6 Å². The van der Waals surface area contributed by atoms with Crippen LogP contribution in [0.4, 0.5) is 4.79 Å². The van der Waals surface area contributed by atoms with Gasteiger partial charge in [0, 0.05) is 12.6 Å². The summed E-state index contributed by atoms with van der Waals surface area (Å²) in [6, 6.07) is 9.14. The van der Waals surface area contributed by atoms with Gasteiger partial charge in [-0.25, -0.2) is 4.79 Å². The molecule has 5 heteroatoms. The van der Waals surface area contributed by atoms with E-state index in [1.165, 1.54) is 0 Å². The number of urea groups is 1. The molecule has 0 aromatic heterocycles. The minimum atomic E-state index is -0.539. The van der Waals surface area contributed by atoms with E-state index in [1.807, 2.05) is 30.3 Å². The van der Waals surface area contributed by atoms with Crippen molar-refractivity contribution in [2.75, 3.05) is 0 Å². The van der Waals surface area contributed by atoms with E-state index in [0.717, 1.165) is 18.4 Å². The number of carbonyl (C=O) groups excluding carboxylic acids is 2. The second kappa shape index (κ2) is 6.22. The first-order valence-electron chi connectivity index (χ1n) is 6.54. The summed E-state index contributed by atoms with van der Waals surface area (Å²) in [5.74, 6) is -0.185. The number of benzene rings is 1. The van der Waals surface area contributed by atoms with Crippen LogP contribution in [0.2, 0.25) is 0 Å². The van der Waals surface area contributed by atoms with E-state index < -0.39 is 6.04 Å². The van der Waals surface area contributed by atoms with Gasteiger partial charge in [-0.15, -0.1) is 0 Å². The number of hydrogen-bond donors (Lipinski definition) is 3. The highest BCUT2D eigenvalue weighted by molar-refractivity contribution is 5.86. The summed E-state index contributed by atoms with van der Waals surface area (Å²) in [7, 11) is 0. The van der Waals surface area contributed by atoms with E-state index in [-0.39, 0.29) is 11.9 Å². The molecule has 19 heavy (non-hydrogen) atoms. The standard InChI is InChI=1S/C14H19N3O2/c1-10(16-14(19)17-12-7-8-12)13(18)15-9-11-5-3-2-4-6-11/h2-6,10,12H,7-9H2,1H3,(H,15,18)(H2,16,17,19). The van der Waals surface area contributed by atoms with Crippen LogP contribution in [0.15, 0.2) is 30.3 Å². The molecular weight excluding hydrogens is 242 g/mol. The molecule has 0 bridgehead atoms. The molecule has 1 saturated carbocycles. The molecule has 1 unspecified atom stereocenters. The van der Waals surface area contributed by atoms with Crippen LogP contribution in [0.5, 0.6) is 0 Å². The van der Waals surface area contributed by atoms with E-state index in [4.69, 9.17) is 0 Å². The maximum absolute atomic E-state index is 11.8. The van der Waals surface area contributed by atoms with Crippen LogP contribution in [0.25, 0.3) is 0 Å². The van der Waals surface area contributed by atoms with Crippen molar-refractivity contribution in [3.05, 3.63) is 35.9 Å². The summed E-state index contributed by atoms with van der Waals surface area (Å²) in [6.45, 7) is 2.14. The summed E-state index contributed by atoms with van der Waals surface area (Å²) in [5.41, 5.74) is 1.03. The van der Waals surface area contributed by atoms with Gasteiger partial charge in [0.25, 0.3) is 0 Å². The van der Waals surface area contributed by atoms with Gasteiger partial charge in [-0.1, -0.05) is 30.3 Å². The lowest BCUT2D eigenvalue weighted by Gasteiger charge is -2.14. The molecular formula is C14H19N3O2. The maximum Gasteiger partial charge on any atom is 0.315 e. The molecule has 0 heterocycles. The van der Waals surface area contributed by atoms with Crippen LogP contribution in [0.1, 0.15) is 25.3 Å². The Balaban J connectivity index is 1.71. The third-order valence-electron chi connectivity index (χ3n) is 2.96. The Bertz CT molecular complexity index is 443. The first kappa shape index (κ1) is 13.4. The van der Waals surface area contributed by atoms with E-state index in [1.54, 1.807) is 6.92 Å². The van der Waals surface area contributed by atoms with Crippen LogP contribution >= 0.6 is 0 Å². The third-order valence-corrected chi connectivity index (χ3v) is 2.96. The average Bonchev–Trinajstić information content (AvgIpc) is 3.20. The molecule has 5 nitrogen and oxygen atoms in total. The quantitative estimate of drug-likeness (QED) is 0.744. The Morgan fingerprint density at radius 3 is 2.58 bits per heavy atom. The van der Waals surface area contributed by atoms with Gasteiger partial charge in [0.15, 0.2) is 0 Å². The van der Waals surface area contributed by atoms with Crippen LogP contribution in [-0.4, -0.2) is 24.0 Å². The molecule has 1 fully saturated rings. The number of hydrogen-bond acceptors (Lipinski definition) is 2. The predicted molar refractivity (Wildman–Crippen MR) is 72.4 cm³/mol. The zero-order valence-corrected chi connectivity index (χ0v) is 11.0. The van der Waals surface area contributed by atoms with E-state index >= 15 is 0 Å². The summed E-state index contributed by atoms with van der Waals surface area (Å²) in [5, 5.41) is 8.20. The van der Waals surface area contributed by atoms with Gasteiger partial charge in [0.05, 0.1) is 0 Å². The Kier molecular flexibility index (Phi) is 4.39. The fourth-order valence-electron chi connectivity index (χ4n) is 1.66. The topological polar surface area (TPSA) is 70.2 Å². The molecule has 1 atom stereocenters. The van der Waals surface area contributed by atoms with Crippen molar-refractivity contribution >= 4 is 11.9 Å². The van der Waals surface area contributed by atoms with Gasteiger partial charge in [-0.3, -0.25) is 4.79 Å². The molecule has 3 N–H and O–H groups in total. The number of carbonyl (C=O) groups is 2. The lowest BCUT2D eigenvalue weighted by molar-refractivity contribution is -0.122. The number of rotatable bonds is 5. The molecule has 1 aliphatic rings. The molecule has 102 valence electrons. The van der Waals surface area contributed by atoms with Crippen molar-refractivity contribution in [2.45, 2.75) is 38.4 Å². The minimum absolute atomic E-state index is 0.185. The number of amides is 3. The molecule has 3 amide bonds. The normalized spacial score (nSPS) is 15.4. The number of nitrogens with one attached hydrogen (secondary N) is 3. The van der Waals surface area contributed by atoms with Crippen molar-refractivity contribution < 1.29 is 9.59 Å². The Hall–Kier alpha value is -2.04. The summed E-state index contributed by atoms with van der Waals surface area (Å²) in [4.78, 5) is 23.3. The largest absolute Gasteiger partial charge is 0.350 e. The van der Waals surface area contributed by atoms with Crippen LogP contribution in [0, 0.1) is 0 Å². The Morgan fingerprint density at radius 2 is 1.95 bits per heavy atom. The molecule has 0 spiro atoms. The highest BCUT2D eigenvalue weighted by Crippen LogP contribution is 2.18. The lowest BCUT2D eigenvalue weighted by Crippen LogP contribution is -2.48. The Morgan fingerprint density at radius 1 is 1.26 bits per heavy atom. The maximum atomic E-state index is 11.8. The highest BCUT2D eigenvalue weighted by atomic mass is 16.2. The molecule has 2 rings (SSSR count). The fourth-order valence-corrected chi connectivity index (χ4v) is 1.66. The summed E-state index contributed by atoms with van der Waals surface area (Å²) >= 11 is 0. The second-order valence-electron chi connectivity index (χ2n) is 4.82. The second-order valence-corrected chi connectivity index (χ2v) is 4.82. The van der Waals surface area contributed by atoms with Gasteiger partial charge in [-0.05, 0) is 25.3 Å². The Labute approximate surface area is 112 Å². The molecule has 0 radical (unpaired) electrons. The van der Waals surface area contributed by atoms with Crippen molar-refractivity contribution in [3.8, 4) is 0 Å².